The molecule has 0 aliphatic carbocycles. The van der Waals surface area contributed by atoms with Gasteiger partial charge in [-0.25, -0.2) is 9.78 Å². The molecule has 0 saturated carbocycles. The first-order valence-electron chi connectivity index (χ1n) is 5.91. The third-order valence-corrected chi connectivity index (χ3v) is 3.80. The van der Waals surface area contributed by atoms with Crippen LogP contribution in [0.3, 0.4) is 0 Å². The highest BCUT2D eigenvalue weighted by atomic mass is 79.9. The topological polar surface area (TPSA) is 53.4 Å². The Labute approximate surface area is 118 Å². The Hall–Kier alpha value is -1.88. The molecule has 0 saturated heterocycles. The number of halogens is 1. The third kappa shape index (κ3) is 2.10. The number of rotatable bonds is 2. The third-order valence-electron chi connectivity index (χ3n) is 3.21. The molecule has 4 nitrogen and oxygen atoms in total. The van der Waals surface area contributed by atoms with Crippen molar-refractivity contribution in [2.45, 2.75) is 6.42 Å². The fourth-order valence-corrected chi connectivity index (χ4v) is 2.87. The number of hydrogen-bond donors (Lipinski definition) is 1. The monoisotopic (exact) mass is 318 g/mol. The second kappa shape index (κ2) is 4.66. The summed E-state index contributed by atoms with van der Waals surface area (Å²) in [4.78, 5) is 17.3. The van der Waals surface area contributed by atoms with Gasteiger partial charge in [-0.15, -0.1) is 0 Å². The number of carbonyl (C=O) groups is 1. The van der Waals surface area contributed by atoms with Gasteiger partial charge in [0.15, 0.2) is 0 Å². The minimum absolute atomic E-state index is 0.183. The molecular weight excluding hydrogens is 308 g/mol. The molecule has 1 N–H and O–H groups in total. The lowest BCUT2D eigenvalue weighted by Crippen LogP contribution is -2.15. The standard InChI is InChI=1S/C14H11BrN2O2/c15-11-7-10(14(18)19)8-16-13(11)17-6-5-9-3-1-2-4-12(9)17/h1-4,7-8H,5-6H2,(H,18,19). The van der Waals surface area contributed by atoms with Crippen molar-refractivity contribution in [3.63, 3.8) is 0 Å². The molecule has 0 radical (unpaired) electrons. The quantitative estimate of drug-likeness (QED) is 0.923. The van der Waals surface area contributed by atoms with Gasteiger partial charge in [0.2, 0.25) is 0 Å². The van der Waals surface area contributed by atoms with Crippen LogP contribution in [-0.2, 0) is 6.42 Å². The van der Waals surface area contributed by atoms with Gasteiger partial charge in [-0.2, -0.15) is 0 Å². The molecule has 0 spiro atoms. The highest BCUT2D eigenvalue weighted by molar-refractivity contribution is 9.10. The predicted octanol–water partition coefficient (Wildman–Crippen LogP) is 3.24. The Bertz CT molecular complexity index is 658. The molecule has 5 heteroatoms. The second-order valence-electron chi connectivity index (χ2n) is 4.36. The van der Waals surface area contributed by atoms with Crippen molar-refractivity contribution in [2.24, 2.45) is 0 Å². The summed E-state index contributed by atoms with van der Waals surface area (Å²) < 4.78 is 0.698. The van der Waals surface area contributed by atoms with Gasteiger partial charge in [-0.3, -0.25) is 0 Å². The molecular formula is C14H11BrN2O2. The van der Waals surface area contributed by atoms with Crippen molar-refractivity contribution in [3.05, 3.63) is 52.1 Å². The summed E-state index contributed by atoms with van der Waals surface area (Å²) in [6, 6.07) is 9.77. The largest absolute Gasteiger partial charge is 0.478 e. The van der Waals surface area contributed by atoms with Gasteiger partial charge in [0.05, 0.1) is 10.0 Å². The van der Waals surface area contributed by atoms with E-state index in [0.29, 0.717) is 4.47 Å². The number of anilines is 2. The van der Waals surface area contributed by atoms with E-state index < -0.39 is 5.97 Å². The van der Waals surface area contributed by atoms with Crippen molar-refractivity contribution in [1.29, 1.82) is 0 Å². The molecule has 0 atom stereocenters. The Balaban J connectivity index is 2.03. The number of fused-ring (bicyclic) bond motifs is 1. The maximum absolute atomic E-state index is 10.9. The summed E-state index contributed by atoms with van der Waals surface area (Å²) in [6.45, 7) is 0.858. The summed E-state index contributed by atoms with van der Waals surface area (Å²) in [7, 11) is 0. The van der Waals surface area contributed by atoms with Gasteiger partial charge >= 0.3 is 5.97 Å². The molecule has 0 amide bonds. The lowest BCUT2D eigenvalue weighted by molar-refractivity contribution is 0.0696. The van der Waals surface area contributed by atoms with Gasteiger partial charge in [0, 0.05) is 18.4 Å². The van der Waals surface area contributed by atoms with Crippen LogP contribution in [0.4, 0.5) is 11.5 Å². The summed E-state index contributed by atoms with van der Waals surface area (Å²) in [5.41, 5.74) is 2.61. The lowest BCUT2D eigenvalue weighted by Gasteiger charge is -2.19. The van der Waals surface area contributed by atoms with Crippen molar-refractivity contribution >= 4 is 33.4 Å². The van der Waals surface area contributed by atoms with Gasteiger partial charge in [0.25, 0.3) is 0 Å². The zero-order chi connectivity index (χ0) is 13.4. The van der Waals surface area contributed by atoms with E-state index in [2.05, 4.69) is 37.9 Å². The van der Waals surface area contributed by atoms with Crippen LogP contribution in [-0.4, -0.2) is 22.6 Å². The highest BCUT2D eigenvalue weighted by Gasteiger charge is 2.23. The predicted molar refractivity (Wildman–Crippen MR) is 76.0 cm³/mol. The zero-order valence-corrected chi connectivity index (χ0v) is 11.6. The SMILES string of the molecule is O=C(O)c1cnc(N2CCc3ccccc32)c(Br)c1. The number of benzene rings is 1. The molecule has 1 aliphatic rings. The molecule has 1 aromatic carbocycles. The fraction of sp³-hybridized carbons (Fsp3) is 0.143. The molecule has 1 aromatic heterocycles. The van der Waals surface area contributed by atoms with Crippen LogP contribution in [0.25, 0.3) is 0 Å². The van der Waals surface area contributed by atoms with Crippen LogP contribution in [0.15, 0.2) is 41.0 Å². The minimum atomic E-state index is -0.971. The zero-order valence-electron chi connectivity index (χ0n) is 10.0. The van der Waals surface area contributed by atoms with Gasteiger partial charge in [-0.05, 0) is 40.0 Å². The van der Waals surface area contributed by atoms with Crippen LogP contribution in [0.2, 0.25) is 0 Å². The van der Waals surface area contributed by atoms with Crippen molar-refractivity contribution in [1.82, 2.24) is 4.98 Å². The van der Waals surface area contributed by atoms with Crippen LogP contribution in [0.5, 0.6) is 0 Å². The average molecular weight is 319 g/mol. The molecule has 96 valence electrons. The number of carboxylic acid groups (broad SMARTS) is 1. The molecule has 0 fully saturated rings. The Morgan fingerprint density at radius 2 is 2.16 bits per heavy atom. The number of nitrogens with zero attached hydrogens (tertiary/aromatic N) is 2. The van der Waals surface area contributed by atoms with Crippen molar-refractivity contribution in [2.75, 3.05) is 11.4 Å². The van der Waals surface area contributed by atoms with Crippen molar-refractivity contribution < 1.29 is 9.90 Å². The van der Waals surface area contributed by atoms with E-state index in [4.69, 9.17) is 5.11 Å². The van der Waals surface area contributed by atoms with Crippen LogP contribution in [0.1, 0.15) is 15.9 Å². The van der Waals surface area contributed by atoms with E-state index in [-0.39, 0.29) is 5.56 Å². The normalized spacial score (nSPS) is 13.4. The van der Waals surface area contributed by atoms with Gasteiger partial charge in [-0.1, -0.05) is 18.2 Å². The van der Waals surface area contributed by atoms with E-state index in [1.54, 1.807) is 6.07 Å². The summed E-state index contributed by atoms with van der Waals surface area (Å²) in [5.74, 6) is -0.212. The van der Waals surface area contributed by atoms with E-state index in [0.717, 1.165) is 24.5 Å². The van der Waals surface area contributed by atoms with Crippen LogP contribution in [0, 0.1) is 0 Å². The number of hydrogen-bond acceptors (Lipinski definition) is 3. The molecule has 2 heterocycles. The van der Waals surface area contributed by atoms with Crippen LogP contribution < -0.4 is 4.90 Å². The average Bonchev–Trinajstić information content (AvgIpc) is 2.82. The Kier molecular flexibility index (Phi) is 2.98. The molecule has 19 heavy (non-hydrogen) atoms. The van der Waals surface area contributed by atoms with Crippen molar-refractivity contribution in [3.8, 4) is 0 Å². The Morgan fingerprint density at radius 3 is 2.89 bits per heavy atom. The first-order valence-corrected chi connectivity index (χ1v) is 6.70. The Morgan fingerprint density at radius 1 is 1.37 bits per heavy atom. The lowest BCUT2D eigenvalue weighted by atomic mass is 10.2. The highest BCUT2D eigenvalue weighted by Crippen LogP contribution is 2.36. The first kappa shape index (κ1) is 12.2. The van der Waals surface area contributed by atoms with E-state index >= 15 is 0 Å². The molecule has 3 rings (SSSR count). The maximum atomic E-state index is 10.9. The number of aromatic nitrogens is 1. The molecule has 1 aliphatic heterocycles. The summed E-state index contributed by atoms with van der Waals surface area (Å²) in [5, 5.41) is 8.95. The smallest absolute Gasteiger partial charge is 0.337 e. The maximum Gasteiger partial charge on any atom is 0.337 e. The number of pyridine rings is 1. The number of aromatic carboxylic acids is 1. The number of carboxylic acids is 1. The summed E-state index contributed by atoms with van der Waals surface area (Å²) in [6.07, 6.45) is 2.37. The molecule has 0 unspecified atom stereocenters. The van der Waals surface area contributed by atoms with E-state index in [9.17, 15) is 4.79 Å². The van der Waals surface area contributed by atoms with Gasteiger partial charge < -0.3 is 10.0 Å². The van der Waals surface area contributed by atoms with Crippen LogP contribution >= 0.6 is 15.9 Å². The summed E-state index contributed by atoms with van der Waals surface area (Å²) >= 11 is 3.41. The number of para-hydroxylation sites is 1. The molecule has 2 aromatic rings. The van der Waals surface area contributed by atoms with E-state index in [1.807, 2.05) is 12.1 Å². The molecule has 0 bridgehead atoms. The first-order chi connectivity index (χ1) is 9.16. The van der Waals surface area contributed by atoms with Gasteiger partial charge in [0.1, 0.15) is 5.82 Å². The van der Waals surface area contributed by atoms with E-state index in [1.165, 1.54) is 11.8 Å². The second-order valence-corrected chi connectivity index (χ2v) is 5.22. The fourth-order valence-electron chi connectivity index (χ4n) is 2.30. The minimum Gasteiger partial charge on any atom is -0.478 e.